The van der Waals surface area contributed by atoms with E-state index in [1.165, 1.54) is 24.3 Å². The van der Waals surface area contributed by atoms with Crippen molar-refractivity contribution in [3.05, 3.63) is 30.1 Å². The van der Waals surface area contributed by atoms with Crippen LogP contribution in [0.2, 0.25) is 0 Å². The van der Waals surface area contributed by atoms with Crippen LogP contribution in [0.15, 0.2) is 24.3 Å². The summed E-state index contributed by atoms with van der Waals surface area (Å²) >= 11 is 0. The molecule has 0 aliphatic rings. The quantitative estimate of drug-likeness (QED) is 0.844. The summed E-state index contributed by atoms with van der Waals surface area (Å²) in [6.45, 7) is -1.48. The van der Waals surface area contributed by atoms with Gasteiger partial charge in [0, 0.05) is 5.39 Å². The van der Waals surface area contributed by atoms with E-state index in [2.05, 4.69) is 9.97 Å². The van der Waals surface area contributed by atoms with E-state index in [4.69, 9.17) is 0 Å². The van der Waals surface area contributed by atoms with Gasteiger partial charge in [-0.05, 0) is 12.1 Å². The van der Waals surface area contributed by atoms with E-state index in [1.54, 1.807) is 0 Å². The van der Waals surface area contributed by atoms with E-state index in [0.717, 1.165) is 0 Å². The zero-order valence-electron chi connectivity index (χ0n) is 10.1. The molecule has 2 aromatic rings. The Balaban J connectivity index is 0.00000220. The number of hydrogen-bond donors (Lipinski definition) is 1. The summed E-state index contributed by atoms with van der Waals surface area (Å²) in [6.07, 6.45) is -9.40. The van der Waals surface area contributed by atoms with Crippen LogP contribution in [0, 0.1) is 0 Å². The molecule has 2 rings (SSSR count). The molecule has 1 heterocycles. The maximum Gasteiger partial charge on any atom is 0.451 e. The molecule has 0 atom stereocenters. The number of anilines is 1. The molecule has 1 aromatic heterocycles. The minimum atomic E-state index is -4.83. The lowest BCUT2D eigenvalue weighted by Gasteiger charge is -2.13. The Morgan fingerprint density at radius 1 is 0.952 bits per heavy atom. The molecule has 1 N–H and O–H groups in total. The minimum Gasteiger partial charge on any atom is -0.361 e. The summed E-state index contributed by atoms with van der Waals surface area (Å²) in [5.74, 6) is -1.99. The first kappa shape index (κ1) is 17.3. The molecule has 0 unspecified atom stereocenters. The largest absolute Gasteiger partial charge is 0.451 e. The number of nitrogens with zero attached hydrogens (tertiary/aromatic N) is 2. The predicted molar refractivity (Wildman–Crippen MR) is 66.3 cm³/mol. The van der Waals surface area contributed by atoms with Gasteiger partial charge in [0.15, 0.2) is 0 Å². The zero-order valence-corrected chi connectivity index (χ0v) is 10.9. The summed E-state index contributed by atoms with van der Waals surface area (Å²) in [5, 5.41) is 1.95. The summed E-state index contributed by atoms with van der Waals surface area (Å²) in [4.78, 5) is 6.42. The number of halogens is 7. The molecular weight excluding hydrogens is 324 g/mol. The van der Waals surface area contributed by atoms with Crippen molar-refractivity contribution >= 4 is 29.1 Å². The summed E-state index contributed by atoms with van der Waals surface area (Å²) < 4.78 is 74.2. The lowest BCUT2D eigenvalue weighted by Crippen LogP contribution is -2.23. The lowest BCUT2D eigenvalue weighted by atomic mass is 10.2. The number of para-hydroxylation sites is 1. The zero-order chi connectivity index (χ0) is 15.0. The van der Waals surface area contributed by atoms with E-state index < -0.39 is 30.5 Å². The van der Waals surface area contributed by atoms with Crippen LogP contribution < -0.4 is 5.32 Å². The number of rotatable bonds is 2. The molecule has 0 saturated heterocycles. The van der Waals surface area contributed by atoms with Crippen molar-refractivity contribution < 1.29 is 26.3 Å². The molecule has 3 nitrogen and oxygen atoms in total. The monoisotopic (exact) mass is 331 g/mol. The Hall–Kier alpha value is -1.77. The standard InChI is InChI=1S/C11H7F6N3.ClH/c12-10(13,14)5-18-8-6-3-1-2-4-7(6)19-9(20-8)11(15,16)17;/h1-4H,5H2,(H,18,19,20);1H. The second-order valence-corrected chi connectivity index (χ2v) is 3.88. The third-order valence-corrected chi connectivity index (χ3v) is 2.31. The number of fused-ring (bicyclic) bond motifs is 1. The fraction of sp³-hybridized carbons (Fsp3) is 0.273. The Morgan fingerprint density at radius 2 is 1.57 bits per heavy atom. The van der Waals surface area contributed by atoms with Gasteiger partial charge in [-0.15, -0.1) is 12.4 Å². The molecule has 10 heteroatoms. The molecule has 0 spiro atoms. The van der Waals surface area contributed by atoms with Crippen molar-refractivity contribution in [2.45, 2.75) is 12.4 Å². The van der Waals surface area contributed by atoms with Crippen molar-refractivity contribution in [3.63, 3.8) is 0 Å². The van der Waals surface area contributed by atoms with Crippen LogP contribution in [0.25, 0.3) is 10.9 Å². The van der Waals surface area contributed by atoms with Gasteiger partial charge in [-0.1, -0.05) is 12.1 Å². The van der Waals surface area contributed by atoms with Crippen LogP contribution in [0.4, 0.5) is 32.2 Å². The average Bonchev–Trinajstić information content (AvgIpc) is 2.33. The van der Waals surface area contributed by atoms with Gasteiger partial charge in [-0.25, -0.2) is 9.97 Å². The van der Waals surface area contributed by atoms with E-state index >= 15 is 0 Å². The predicted octanol–water partition coefficient (Wildman–Crippen LogP) is 4.04. The van der Waals surface area contributed by atoms with Gasteiger partial charge in [0.1, 0.15) is 12.4 Å². The summed E-state index contributed by atoms with van der Waals surface area (Å²) in [6, 6.07) is 5.51. The lowest BCUT2D eigenvalue weighted by molar-refractivity contribution is -0.144. The molecule has 116 valence electrons. The second-order valence-electron chi connectivity index (χ2n) is 3.88. The van der Waals surface area contributed by atoms with E-state index in [9.17, 15) is 26.3 Å². The number of aromatic nitrogens is 2. The molecule has 21 heavy (non-hydrogen) atoms. The van der Waals surface area contributed by atoms with Crippen molar-refractivity contribution in [2.75, 3.05) is 11.9 Å². The molecular formula is C11H8ClF6N3. The highest BCUT2D eigenvalue weighted by atomic mass is 35.5. The maximum atomic E-state index is 12.6. The number of benzene rings is 1. The first-order valence-electron chi connectivity index (χ1n) is 5.31. The van der Waals surface area contributed by atoms with Gasteiger partial charge < -0.3 is 5.32 Å². The van der Waals surface area contributed by atoms with Gasteiger partial charge >= 0.3 is 12.4 Å². The highest BCUT2D eigenvalue weighted by Crippen LogP contribution is 2.30. The number of hydrogen-bond acceptors (Lipinski definition) is 3. The number of nitrogens with one attached hydrogen (secondary N) is 1. The Bertz CT molecular complexity index is 625. The van der Waals surface area contributed by atoms with Crippen LogP contribution in [-0.2, 0) is 6.18 Å². The Morgan fingerprint density at radius 3 is 2.14 bits per heavy atom. The van der Waals surface area contributed by atoms with Gasteiger partial charge in [0.2, 0.25) is 5.82 Å². The molecule has 0 aliphatic carbocycles. The average molecular weight is 332 g/mol. The van der Waals surface area contributed by atoms with Gasteiger partial charge in [0.25, 0.3) is 0 Å². The third-order valence-electron chi connectivity index (χ3n) is 2.31. The fourth-order valence-electron chi connectivity index (χ4n) is 1.52. The highest BCUT2D eigenvalue weighted by Gasteiger charge is 2.36. The van der Waals surface area contributed by atoms with Crippen molar-refractivity contribution in [2.24, 2.45) is 0 Å². The van der Waals surface area contributed by atoms with E-state index in [-0.39, 0.29) is 23.3 Å². The fourth-order valence-corrected chi connectivity index (χ4v) is 1.52. The minimum absolute atomic E-state index is 0. The first-order chi connectivity index (χ1) is 9.17. The van der Waals surface area contributed by atoms with Gasteiger partial charge in [-0.3, -0.25) is 0 Å². The van der Waals surface area contributed by atoms with Gasteiger partial charge in [0.05, 0.1) is 5.52 Å². The van der Waals surface area contributed by atoms with Crippen LogP contribution >= 0.6 is 12.4 Å². The molecule has 0 radical (unpaired) electrons. The van der Waals surface area contributed by atoms with Crippen molar-refractivity contribution in [3.8, 4) is 0 Å². The van der Waals surface area contributed by atoms with Crippen LogP contribution in [0.3, 0.4) is 0 Å². The molecule has 0 fully saturated rings. The van der Waals surface area contributed by atoms with E-state index in [0.29, 0.717) is 0 Å². The Labute approximate surface area is 120 Å². The molecule has 1 aromatic carbocycles. The molecule has 0 aliphatic heterocycles. The topological polar surface area (TPSA) is 37.8 Å². The summed E-state index contributed by atoms with van der Waals surface area (Å²) in [5.41, 5.74) is -0.0838. The smallest absolute Gasteiger partial charge is 0.361 e. The first-order valence-corrected chi connectivity index (χ1v) is 5.31. The normalized spacial score (nSPS) is 12.1. The summed E-state index contributed by atoms with van der Waals surface area (Å²) in [7, 11) is 0. The third kappa shape index (κ3) is 4.35. The molecule has 0 bridgehead atoms. The van der Waals surface area contributed by atoms with E-state index in [1.807, 2.05) is 5.32 Å². The van der Waals surface area contributed by atoms with Crippen LogP contribution in [0.1, 0.15) is 5.82 Å². The maximum absolute atomic E-state index is 12.6. The molecule has 0 saturated carbocycles. The van der Waals surface area contributed by atoms with Gasteiger partial charge in [-0.2, -0.15) is 26.3 Å². The van der Waals surface area contributed by atoms with Crippen molar-refractivity contribution in [1.29, 1.82) is 0 Å². The molecule has 0 amide bonds. The SMILES string of the molecule is Cl.FC(F)(F)CNc1nc(C(F)(F)F)nc2ccccc12. The van der Waals surface area contributed by atoms with Crippen molar-refractivity contribution in [1.82, 2.24) is 9.97 Å². The van der Waals surface area contributed by atoms with Crippen LogP contribution in [-0.4, -0.2) is 22.7 Å². The number of alkyl halides is 6. The Kier molecular flexibility index (Phi) is 4.87. The van der Waals surface area contributed by atoms with Crippen LogP contribution in [0.5, 0.6) is 0 Å². The second kappa shape index (κ2) is 5.92. The highest BCUT2D eigenvalue weighted by molar-refractivity contribution is 5.89.